The van der Waals surface area contributed by atoms with E-state index in [4.69, 9.17) is 5.73 Å². The van der Waals surface area contributed by atoms with Crippen LogP contribution in [0.5, 0.6) is 0 Å². The fraction of sp³-hybridized carbons (Fsp3) is 0.462. The maximum atomic E-state index is 11.8. The molecule has 1 atom stereocenters. The third-order valence-electron chi connectivity index (χ3n) is 2.58. The third-order valence-corrected chi connectivity index (χ3v) is 3.80. The molecule has 0 saturated carbocycles. The largest absolute Gasteiger partial charge is 0.345 e. The molecule has 0 aromatic heterocycles. The van der Waals surface area contributed by atoms with Crippen molar-refractivity contribution >= 4 is 16.7 Å². The Morgan fingerprint density at radius 3 is 2.61 bits per heavy atom. The first-order valence-electron chi connectivity index (χ1n) is 5.96. The predicted molar refractivity (Wildman–Crippen MR) is 74.5 cm³/mol. The second-order valence-electron chi connectivity index (χ2n) is 4.17. The molecular weight excluding hydrogens is 248 g/mol. The molecule has 1 aromatic carbocycles. The minimum absolute atomic E-state index is 0.0793. The van der Waals surface area contributed by atoms with Crippen LogP contribution in [0.25, 0.3) is 0 Å². The molecule has 0 aliphatic rings. The summed E-state index contributed by atoms with van der Waals surface area (Å²) < 4.78 is 11.8. The highest BCUT2D eigenvalue weighted by molar-refractivity contribution is 7.84. The summed E-state index contributed by atoms with van der Waals surface area (Å²) in [4.78, 5) is 13.3. The Kier molecular flexibility index (Phi) is 6.60. The van der Waals surface area contributed by atoms with Gasteiger partial charge in [-0.3, -0.25) is 9.00 Å². The van der Waals surface area contributed by atoms with Crippen LogP contribution in [-0.4, -0.2) is 40.9 Å². The molecule has 4 nitrogen and oxygen atoms in total. The number of nitrogens with two attached hydrogens (primary N) is 1. The Morgan fingerprint density at radius 2 is 2.00 bits per heavy atom. The van der Waals surface area contributed by atoms with Gasteiger partial charge < -0.3 is 10.6 Å². The van der Waals surface area contributed by atoms with Gasteiger partial charge in [0, 0.05) is 30.1 Å². The SMILES string of the molecule is CN(CCCN)C(=O)CS(=O)Cc1ccccc1. The number of rotatable bonds is 7. The van der Waals surface area contributed by atoms with E-state index >= 15 is 0 Å². The molecule has 0 radical (unpaired) electrons. The summed E-state index contributed by atoms with van der Waals surface area (Å²) in [5.41, 5.74) is 6.38. The first-order chi connectivity index (χ1) is 8.63. The normalized spacial score (nSPS) is 12.1. The van der Waals surface area contributed by atoms with Crippen molar-refractivity contribution < 1.29 is 9.00 Å². The summed E-state index contributed by atoms with van der Waals surface area (Å²) in [5, 5.41) is 0. The van der Waals surface area contributed by atoms with E-state index in [9.17, 15) is 9.00 Å². The molecule has 0 aliphatic heterocycles. The first-order valence-corrected chi connectivity index (χ1v) is 7.45. The standard InChI is InChI=1S/C13H20N2O2S/c1-15(9-5-8-14)13(16)11-18(17)10-12-6-3-2-4-7-12/h2-4,6-7H,5,8-11,14H2,1H3. The molecule has 1 rings (SSSR count). The zero-order valence-electron chi connectivity index (χ0n) is 10.7. The lowest BCUT2D eigenvalue weighted by atomic mass is 10.2. The molecule has 0 heterocycles. The third kappa shape index (κ3) is 5.42. The van der Waals surface area contributed by atoms with Crippen molar-refractivity contribution in [2.24, 2.45) is 5.73 Å². The van der Waals surface area contributed by atoms with E-state index in [0.29, 0.717) is 18.8 Å². The second kappa shape index (κ2) is 8.00. The average molecular weight is 268 g/mol. The number of carbonyl (C=O) groups is 1. The van der Waals surface area contributed by atoms with Gasteiger partial charge in [-0.15, -0.1) is 0 Å². The zero-order chi connectivity index (χ0) is 13.4. The van der Waals surface area contributed by atoms with Crippen LogP contribution in [0.3, 0.4) is 0 Å². The Balaban J connectivity index is 2.38. The molecule has 0 fully saturated rings. The molecule has 18 heavy (non-hydrogen) atoms. The molecule has 1 unspecified atom stereocenters. The van der Waals surface area contributed by atoms with Crippen LogP contribution in [-0.2, 0) is 21.3 Å². The highest BCUT2D eigenvalue weighted by Gasteiger charge is 2.12. The summed E-state index contributed by atoms with van der Waals surface area (Å²) in [5.74, 6) is 0.422. The fourth-order valence-corrected chi connectivity index (χ4v) is 2.67. The molecule has 2 N–H and O–H groups in total. The first kappa shape index (κ1) is 14.9. The topological polar surface area (TPSA) is 63.4 Å². The van der Waals surface area contributed by atoms with Gasteiger partial charge in [0.25, 0.3) is 0 Å². The van der Waals surface area contributed by atoms with Gasteiger partial charge in [0.2, 0.25) is 5.91 Å². The number of nitrogens with zero attached hydrogens (tertiary/aromatic N) is 1. The van der Waals surface area contributed by atoms with E-state index in [1.165, 1.54) is 0 Å². The Hall–Kier alpha value is -1.20. The van der Waals surface area contributed by atoms with E-state index in [-0.39, 0.29) is 11.7 Å². The van der Waals surface area contributed by atoms with E-state index < -0.39 is 10.8 Å². The van der Waals surface area contributed by atoms with Crippen LogP contribution in [0, 0.1) is 0 Å². The van der Waals surface area contributed by atoms with Crippen molar-refractivity contribution in [1.29, 1.82) is 0 Å². The Morgan fingerprint density at radius 1 is 1.33 bits per heavy atom. The van der Waals surface area contributed by atoms with Crippen LogP contribution < -0.4 is 5.73 Å². The van der Waals surface area contributed by atoms with Crippen LogP contribution in [0.2, 0.25) is 0 Å². The molecule has 0 aliphatic carbocycles. The van der Waals surface area contributed by atoms with Crippen molar-refractivity contribution in [2.75, 3.05) is 25.9 Å². The molecule has 5 heteroatoms. The van der Waals surface area contributed by atoms with Crippen LogP contribution in [0.1, 0.15) is 12.0 Å². The maximum absolute atomic E-state index is 11.8. The highest BCUT2D eigenvalue weighted by atomic mass is 32.2. The van der Waals surface area contributed by atoms with Crippen molar-refractivity contribution in [3.8, 4) is 0 Å². The molecule has 1 amide bonds. The van der Waals surface area contributed by atoms with E-state index in [1.54, 1.807) is 11.9 Å². The number of amides is 1. The second-order valence-corrected chi connectivity index (χ2v) is 5.63. The van der Waals surface area contributed by atoms with E-state index in [2.05, 4.69) is 0 Å². The lowest BCUT2D eigenvalue weighted by Crippen LogP contribution is -2.32. The number of hydrogen-bond donors (Lipinski definition) is 1. The van der Waals surface area contributed by atoms with Gasteiger partial charge >= 0.3 is 0 Å². The van der Waals surface area contributed by atoms with Gasteiger partial charge in [-0.05, 0) is 18.5 Å². The molecule has 100 valence electrons. The van der Waals surface area contributed by atoms with Gasteiger partial charge in [0.15, 0.2) is 0 Å². The van der Waals surface area contributed by atoms with Gasteiger partial charge in [-0.25, -0.2) is 0 Å². The van der Waals surface area contributed by atoms with Gasteiger partial charge in [0.05, 0.1) is 0 Å². The van der Waals surface area contributed by atoms with Crippen LogP contribution in [0.4, 0.5) is 0 Å². The van der Waals surface area contributed by atoms with E-state index in [1.807, 2.05) is 30.3 Å². The molecule has 0 bridgehead atoms. The zero-order valence-corrected chi connectivity index (χ0v) is 11.5. The van der Waals surface area contributed by atoms with Crippen molar-refractivity contribution in [3.63, 3.8) is 0 Å². The summed E-state index contributed by atoms with van der Waals surface area (Å²) in [7, 11) is 0.570. The Labute approximate surface area is 111 Å². The minimum atomic E-state index is -1.15. The van der Waals surface area contributed by atoms with Crippen molar-refractivity contribution in [2.45, 2.75) is 12.2 Å². The van der Waals surface area contributed by atoms with Gasteiger partial charge in [-0.2, -0.15) is 0 Å². The van der Waals surface area contributed by atoms with Crippen LogP contribution in [0.15, 0.2) is 30.3 Å². The quantitative estimate of drug-likeness (QED) is 0.793. The maximum Gasteiger partial charge on any atom is 0.234 e. The lowest BCUT2D eigenvalue weighted by Gasteiger charge is -2.16. The lowest BCUT2D eigenvalue weighted by molar-refractivity contribution is -0.127. The monoisotopic (exact) mass is 268 g/mol. The van der Waals surface area contributed by atoms with Crippen LogP contribution >= 0.6 is 0 Å². The molecule has 0 saturated heterocycles. The smallest absolute Gasteiger partial charge is 0.234 e. The number of carbonyl (C=O) groups excluding carboxylic acids is 1. The molecule has 1 aromatic rings. The Bertz CT molecular complexity index is 395. The summed E-state index contributed by atoms with van der Waals surface area (Å²) >= 11 is 0. The highest BCUT2D eigenvalue weighted by Crippen LogP contribution is 2.03. The summed E-state index contributed by atoms with van der Waals surface area (Å²) in [6.07, 6.45) is 0.771. The number of hydrogen-bond acceptors (Lipinski definition) is 3. The summed E-state index contributed by atoms with van der Waals surface area (Å²) in [6, 6.07) is 9.56. The number of benzene rings is 1. The van der Waals surface area contributed by atoms with Gasteiger partial charge in [0.1, 0.15) is 5.75 Å². The molecule has 0 spiro atoms. The van der Waals surface area contributed by atoms with E-state index in [0.717, 1.165) is 12.0 Å². The minimum Gasteiger partial charge on any atom is -0.345 e. The molecular formula is C13H20N2O2S. The summed E-state index contributed by atoms with van der Waals surface area (Å²) in [6.45, 7) is 1.18. The van der Waals surface area contributed by atoms with Crippen molar-refractivity contribution in [1.82, 2.24) is 4.90 Å². The predicted octanol–water partition coefficient (Wildman–Crippen LogP) is 0.743. The van der Waals surface area contributed by atoms with Gasteiger partial charge in [-0.1, -0.05) is 30.3 Å². The van der Waals surface area contributed by atoms with Crippen molar-refractivity contribution in [3.05, 3.63) is 35.9 Å². The fourth-order valence-electron chi connectivity index (χ4n) is 1.51. The average Bonchev–Trinajstić information content (AvgIpc) is 2.36.